The number of hydrogen-bond donors (Lipinski definition) is 1. The monoisotopic (exact) mass is 244 g/mol. The van der Waals surface area contributed by atoms with Crippen LogP contribution in [0.4, 0.5) is 0 Å². The summed E-state index contributed by atoms with van der Waals surface area (Å²) in [7, 11) is 0. The standard InChI is InChI=1S/C12H17N2.Mn/c1-4-5-12-10(8-13)7-11(14-12)6-9(2)3;/h4,8-9H,1,5-6,13H2,2-3H3;/q-1;. The summed E-state index contributed by atoms with van der Waals surface area (Å²) in [6.07, 6.45) is 8.33. The number of nitrogens with two attached hydrogens (primary N) is 1. The Balaban J connectivity index is 0.00000196. The molecule has 0 unspecified atom stereocenters. The molecule has 83 valence electrons. The molecule has 0 aliphatic carbocycles. The van der Waals surface area contributed by atoms with E-state index in [4.69, 9.17) is 5.73 Å². The summed E-state index contributed by atoms with van der Waals surface area (Å²) in [6, 6.07) is 0. The van der Waals surface area contributed by atoms with Crippen molar-refractivity contribution in [1.82, 2.24) is 0 Å². The summed E-state index contributed by atoms with van der Waals surface area (Å²) in [5.41, 5.74) is 8.40. The zero-order chi connectivity index (χ0) is 10.6. The molecule has 0 aromatic rings. The van der Waals surface area contributed by atoms with Gasteiger partial charge in [0.2, 0.25) is 0 Å². The van der Waals surface area contributed by atoms with E-state index < -0.39 is 0 Å². The molecule has 2 N–H and O–H groups in total. The molecule has 0 saturated carbocycles. The number of aliphatic imine (C=N–C) groups is 1. The third kappa shape index (κ3) is 4.06. The van der Waals surface area contributed by atoms with Crippen LogP contribution in [0.25, 0.3) is 0 Å². The van der Waals surface area contributed by atoms with Crippen molar-refractivity contribution in [2.24, 2.45) is 16.6 Å². The minimum atomic E-state index is 0. The van der Waals surface area contributed by atoms with E-state index in [1.165, 1.54) is 0 Å². The van der Waals surface area contributed by atoms with Crippen molar-refractivity contribution < 1.29 is 17.1 Å². The average molecular weight is 244 g/mol. The first-order valence-corrected chi connectivity index (χ1v) is 4.91. The summed E-state index contributed by atoms with van der Waals surface area (Å²) in [5, 5.41) is 0. The predicted octanol–water partition coefficient (Wildman–Crippen LogP) is 2.59. The van der Waals surface area contributed by atoms with Gasteiger partial charge in [-0.05, 0) is 24.5 Å². The van der Waals surface area contributed by atoms with Crippen molar-refractivity contribution in [1.29, 1.82) is 0 Å². The van der Waals surface area contributed by atoms with Crippen LogP contribution in [-0.2, 0) is 17.1 Å². The molecule has 1 heterocycles. The largest absolute Gasteiger partial charge is 0.455 e. The van der Waals surface area contributed by atoms with Crippen LogP contribution in [0.15, 0.2) is 35.1 Å². The average Bonchev–Trinajstić information content (AvgIpc) is 2.47. The van der Waals surface area contributed by atoms with Crippen LogP contribution in [-0.4, -0.2) is 5.71 Å². The Morgan fingerprint density at radius 2 is 2.20 bits per heavy atom. The Hall–Kier alpha value is -0.791. The van der Waals surface area contributed by atoms with Crippen molar-refractivity contribution in [2.75, 3.05) is 0 Å². The number of rotatable bonds is 4. The molecule has 1 aliphatic rings. The van der Waals surface area contributed by atoms with Crippen LogP contribution in [0.2, 0.25) is 0 Å². The summed E-state index contributed by atoms with van der Waals surface area (Å²) < 4.78 is 0. The van der Waals surface area contributed by atoms with Crippen molar-refractivity contribution >= 4 is 5.71 Å². The second-order valence-corrected chi connectivity index (χ2v) is 3.80. The van der Waals surface area contributed by atoms with Crippen LogP contribution >= 0.6 is 0 Å². The third-order valence-corrected chi connectivity index (χ3v) is 1.97. The molecule has 3 heteroatoms. The van der Waals surface area contributed by atoms with Crippen LogP contribution in [0, 0.1) is 12.0 Å². The Morgan fingerprint density at radius 3 is 2.67 bits per heavy atom. The maximum absolute atomic E-state index is 5.49. The summed E-state index contributed by atoms with van der Waals surface area (Å²) in [4.78, 5) is 4.47. The van der Waals surface area contributed by atoms with E-state index in [-0.39, 0.29) is 17.1 Å². The van der Waals surface area contributed by atoms with Gasteiger partial charge in [0, 0.05) is 17.1 Å². The molecule has 0 saturated heterocycles. The van der Waals surface area contributed by atoms with E-state index in [1.54, 1.807) is 6.20 Å². The van der Waals surface area contributed by atoms with Crippen molar-refractivity contribution in [3.63, 3.8) is 0 Å². The molecule has 0 bridgehead atoms. The summed E-state index contributed by atoms with van der Waals surface area (Å²) in [6.45, 7) is 8.03. The molecule has 0 amide bonds. The van der Waals surface area contributed by atoms with Gasteiger partial charge in [-0.2, -0.15) is 11.6 Å². The van der Waals surface area contributed by atoms with Crippen molar-refractivity contribution in [3.8, 4) is 0 Å². The van der Waals surface area contributed by atoms with E-state index in [9.17, 15) is 0 Å². The second-order valence-electron chi connectivity index (χ2n) is 3.80. The molecule has 0 fully saturated rings. The van der Waals surface area contributed by atoms with Gasteiger partial charge in [-0.1, -0.05) is 25.6 Å². The van der Waals surface area contributed by atoms with E-state index in [0.29, 0.717) is 5.92 Å². The Kier molecular flexibility index (Phi) is 6.30. The molecular weight excluding hydrogens is 227 g/mol. The topological polar surface area (TPSA) is 38.4 Å². The zero-order valence-corrected chi connectivity index (χ0v) is 10.4. The first-order chi connectivity index (χ1) is 6.67. The van der Waals surface area contributed by atoms with E-state index in [2.05, 4.69) is 31.5 Å². The SMILES string of the molecule is C=CCC1=NC(CC(C)C)=[C-]C1=CN.[Mn]. The van der Waals surface area contributed by atoms with Gasteiger partial charge in [-0.3, -0.25) is 0 Å². The van der Waals surface area contributed by atoms with E-state index in [1.807, 2.05) is 6.08 Å². The van der Waals surface area contributed by atoms with Gasteiger partial charge in [0.1, 0.15) is 0 Å². The first kappa shape index (κ1) is 14.2. The number of hydrogen-bond acceptors (Lipinski definition) is 2. The van der Waals surface area contributed by atoms with E-state index in [0.717, 1.165) is 29.8 Å². The van der Waals surface area contributed by atoms with Gasteiger partial charge in [-0.25, -0.2) is 0 Å². The zero-order valence-electron chi connectivity index (χ0n) is 9.26. The Morgan fingerprint density at radius 1 is 1.53 bits per heavy atom. The maximum Gasteiger partial charge on any atom is 0 e. The Bertz CT molecular complexity index is 312. The van der Waals surface area contributed by atoms with Gasteiger partial charge >= 0.3 is 0 Å². The molecular formula is C12H17MnN2-. The molecule has 0 atom stereocenters. The van der Waals surface area contributed by atoms with Crippen LogP contribution in [0.3, 0.4) is 0 Å². The van der Waals surface area contributed by atoms with Crippen molar-refractivity contribution in [3.05, 3.63) is 36.2 Å². The van der Waals surface area contributed by atoms with Crippen LogP contribution < -0.4 is 5.73 Å². The molecule has 1 radical (unpaired) electrons. The molecule has 0 aromatic carbocycles. The predicted molar refractivity (Wildman–Crippen MR) is 60.7 cm³/mol. The molecule has 15 heavy (non-hydrogen) atoms. The van der Waals surface area contributed by atoms with Gasteiger partial charge in [-0.15, -0.1) is 12.8 Å². The van der Waals surface area contributed by atoms with Gasteiger partial charge in [0.25, 0.3) is 0 Å². The molecule has 1 aliphatic heterocycles. The molecule has 1 rings (SSSR count). The number of allylic oxidation sites excluding steroid dienone is 4. The van der Waals surface area contributed by atoms with Gasteiger partial charge in [0.15, 0.2) is 0 Å². The molecule has 0 aromatic heterocycles. The third-order valence-electron chi connectivity index (χ3n) is 1.97. The summed E-state index contributed by atoms with van der Waals surface area (Å²) >= 11 is 0. The fourth-order valence-electron chi connectivity index (χ4n) is 1.39. The van der Waals surface area contributed by atoms with Gasteiger partial charge in [0.05, 0.1) is 0 Å². The van der Waals surface area contributed by atoms with E-state index >= 15 is 0 Å². The quantitative estimate of drug-likeness (QED) is 0.460. The summed E-state index contributed by atoms with van der Waals surface area (Å²) in [5.74, 6) is 0.600. The minimum absolute atomic E-state index is 0. The normalized spacial score (nSPS) is 17.4. The Labute approximate surface area is 103 Å². The second kappa shape index (κ2) is 6.65. The minimum Gasteiger partial charge on any atom is -0.455 e. The van der Waals surface area contributed by atoms with Crippen molar-refractivity contribution in [2.45, 2.75) is 26.7 Å². The first-order valence-electron chi connectivity index (χ1n) is 4.91. The van der Waals surface area contributed by atoms with Crippen LogP contribution in [0.5, 0.6) is 0 Å². The smallest absolute Gasteiger partial charge is 0 e. The fourth-order valence-corrected chi connectivity index (χ4v) is 1.39. The number of nitrogens with zero attached hydrogens (tertiary/aromatic N) is 1. The molecule has 0 spiro atoms. The van der Waals surface area contributed by atoms with Crippen LogP contribution in [0.1, 0.15) is 26.7 Å². The fraction of sp³-hybridized carbons (Fsp3) is 0.417. The van der Waals surface area contributed by atoms with Gasteiger partial charge < -0.3 is 10.7 Å². The molecule has 2 nitrogen and oxygen atoms in total. The maximum atomic E-state index is 5.49.